The molecule has 0 bridgehead atoms. The highest BCUT2D eigenvalue weighted by molar-refractivity contribution is 7.98. The molecule has 1 aromatic carbocycles. The van der Waals surface area contributed by atoms with Crippen LogP contribution in [-0.2, 0) is 24.8 Å². The first-order valence-corrected chi connectivity index (χ1v) is 12.7. The number of carbonyl (C=O) groups excluding carboxylic acids is 3. The van der Waals surface area contributed by atoms with E-state index >= 15 is 0 Å². The van der Waals surface area contributed by atoms with E-state index in [-0.39, 0.29) is 47.6 Å². The van der Waals surface area contributed by atoms with Crippen LogP contribution in [0.1, 0.15) is 39.2 Å². The number of esters is 1. The van der Waals surface area contributed by atoms with Crippen molar-refractivity contribution in [2.75, 3.05) is 39.7 Å². The number of nitro groups is 1. The first-order valence-electron chi connectivity index (χ1n) is 11.5. The zero-order valence-corrected chi connectivity index (χ0v) is 22.6. The molecule has 2 amide bonds. The maximum Gasteiger partial charge on any atom is 0.408 e. The van der Waals surface area contributed by atoms with Crippen molar-refractivity contribution in [3.63, 3.8) is 0 Å². The molecule has 0 aliphatic carbocycles. The number of carbonyl (C=O) groups is 3. The molecule has 37 heavy (non-hydrogen) atoms. The number of nitro benzene ring substituents is 1. The summed E-state index contributed by atoms with van der Waals surface area (Å²) in [5.74, 6) is -0.167. The maximum absolute atomic E-state index is 12.1. The molecule has 4 N–H and O–H groups in total. The standard InChI is InChI=1S/C23H36N4O9S/c1-23(2,3)36-22(30)26-16(21(29)34-5)14-37-13-15-11-18(33-4)19(12-17(15)27(31)32)35-10-6-7-20(28)25-9-8-24/h11-12,16H,6-10,13-14,24H2,1-5H3,(H,25,28)(H,26,30). The third kappa shape index (κ3) is 12.0. The minimum absolute atomic E-state index is 0.0792. The summed E-state index contributed by atoms with van der Waals surface area (Å²) in [6.07, 6.45) is -0.169. The van der Waals surface area contributed by atoms with Crippen LogP contribution in [0.4, 0.5) is 10.5 Å². The van der Waals surface area contributed by atoms with E-state index in [1.807, 2.05) is 0 Å². The van der Waals surface area contributed by atoms with Crippen LogP contribution in [0.15, 0.2) is 12.1 Å². The second-order valence-electron chi connectivity index (χ2n) is 8.72. The molecule has 14 heteroatoms. The van der Waals surface area contributed by atoms with E-state index in [1.165, 1.54) is 38.1 Å². The maximum atomic E-state index is 12.1. The van der Waals surface area contributed by atoms with E-state index in [4.69, 9.17) is 24.7 Å². The number of alkyl carbamates (subject to hydrolysis) is 1. The van der Waals surface area contributed by atoms with Gasteiger partial charge in [-0.2, -0.15) is 11.8 Å². The number of nitrogens with zero attached hydrogens (tertiary/aromatic N) is 1. The Bertz CT molecular complexity index is 938. The molecule has 0 spiro atoms. The number of nitrogens with two attached hydrogens (primary N) is 1. The lowest BCUT2D eigenvalue weighted by molar-refractivity contribution is -0.385. The number of hydrogen-bond acceptors (Lipinski definition) is 11. The van der Waals surface area contributed by atoms with Gasteiger partial charge in [-0.3, -0.25) is 14.9 Å². The van der Waals surface area contributed by atoms with E-state index in [2.05, 4.69) is 10.6 Å². The first-order chi connectivity index (χ1) is 17.4. The highest BCUT2D eigenvalue weighted by Gasteiger charge is 2.26. The topological polar surface area (TPSA) is 181 Å². The molecule has 208 valence electrons. The number of ether oxygens (including phenoxy) is 4. The van der Waals surface area contributed by atoms with E-state index in [0.29, 0.717) is 25.1 Å². The highest BCUT2D eigenvalue weighted by Crippen LogP contribution is 2.36. The minimum atomic E-state index is -1.02. The van der Waals surface area contributed by atoms with Gasteiger partial charge in [-0.25, -0.2) is 9.59 Å². The third-order valence-electron chi connectivity index (χ3n) is 4.55. The fourth-order valence-corrected chi connectivity index (χ4v) is 3.94. The first kappa shape index (κ1) is 31.8. The molecular formula is C23H36N4O9S. The number of nitrogens with one attached hydrogen (secondary N) is 2. The third-order valence-corrected chi connectivity index (χ3v) is 5.64. The monoisotopic (exact) mass is 544 g/mol. The minimum Gasteiger partial charge on any atom is -0.493 e. The van der Waals surface area contributed by atoms with Crippen molar-refractivity contribution < 1.29 is 38.3 Å². The van der Waals surface area contributed by atoms with Crippen LogP contribution in [0, 0.1) is 10.1 Å². The van der Waals surface area contributed by atoms with Gasteiger partial charge in [-0.15, -0.1) is 0 Å². The van der Waals surface area contributed by atoms with Gasteiger partial charge in [0.25, 0.3) is 5.69 Å². The Balaban J connectivity index is 2.86. The average Bonchev–Trinajstić information content (AvgIpc) is 2.82. The van der Waals surface area contributed by atoms with Crippen molar-refractivity contribution in [1.82, 2.24) is 10.6 Å². The molecule has 0 aliphatic rings. The number of hydrogen-bond donors (Lipinski definition) is 3. The van der Waals surface area contributed by atoms with Crippen molar-refractivity contribution in [2.45, 2.75) is 51.0 Å². The fourth-order valence-electron chi connectivity index (χ4n) is 2.91. The van der Waals surface area contributed by atoms with E-state index in [1.54, 1.807) is 20.8 Å². The molecule has 0 saturated carbocycles. The van der Waals surface area contributed by atoms with Gasteiger partial charge < -0.3 is 35.3 Å². The smallest absolute Gasteiger partial charge is 0.408 e. The molecule has 13 nitrogen and oxygen atoms in total. The summed E-state index contributed by atoms with van der Waals surface area (Å²) in [6, 6.07) is 1.73. The Morgan fingerprint density at radius 2 is 1.89 bits per heavy atom. The molecule has 0 heterocycles. The van der Waals surface area contributed by atoms with Crippen LogP contribution < -0.4 is 25.8 Å². The van der Waals surface area contributed by atoms with Crippen molar-refractivity contribution in [2.24, 2.45) is 5.73 Å². The van der Waals surface area contributed by atoms with E-state index in [9.17, 15) is 24.5 Å². The molecule has 1 rings (SSSR count). The largest absolute Gasteiger partial charge is 0.493 e. The molecule has 1 aromatic rings. The number of thioether (sulfide) groups is 1. The summed E-state index contributed by atoms with van der Waals surface area (Å²) in [5.41, 5.74) is 4.73. The summed E-state index contributed by atoms with van der Waals surface area (Å²) >= 11 is 1.18. The summed E-state index contributed by atoms with van der Waals surface area (Å²) in [7, 11) is 2.60. The van der Waals surface area contributed by atoms with Gasteiger partial charge in [0.05, 0.1) is 31.8 Å². The van der Waals surface area contributed by atoms with Crippen molar-refractivity contribution in [1.29, 1.82) is 0 Å². The molecular weight excluding hydrogens is 508 g/mol. The van der Waals surface area contributed by atoms with Crippen molar-refractivity contribution in [3.8, 4) is 11.5 Å². The number of benzene rings is 1. The Kier molecular flexibility index (Phi) is 13.5. The summed E-state index contributed by atoms with van der Waals surface area (Å²) in [5, 5.41) is 16.8. The Labute approximate surface area is 220 Å². The van der Waals surface area contributed by atoms with Crippen LogP contribution >= 0.6 is 11.8 Å². The predicted molar refractivity (Wildman–Crippen MR) is 138 cm³/mol. The second-order valence-corrected chi connectivity index (χ2v) is 9.75. The van der Waals surface area contributed by atoms with Gasteiger partial charge in [0.1, 0.15) is 11.6 Å². The van der Waals surface area contributed by atoms with Crippen LogP contribution in [0.25, 0.3) is 0 Å². The Hall–Kier alpha value is -3.26. The van der Waals surface area contributed by atoms with Gasteiger partial charge >= 0.3 is 12.1 Å². The fraction of sp³-hybridized carbons (Fsp3) is 0.609. The van der Waals surface area contributed by atoms with Gasteiger partial charge in [-0.1, -0.05) is 0 Å². The van der Waals surface area contributed by atoms with Crippen LogP contribution in [-0.4, -0.2) is 74.2 Å². The van der Waals surface area contributed by atoms with Crippen LogP contribution in [0.2, 0.25) is 0 Å². The lowest BCUT2D eigenvalue weighted by Gasteiger charge is -2.22. The van der Waals surface area contributed by atoms with Gasteiger partial charge in [-0.05, 0) is 33.3 Å². The van der Waals surface area contributed by atoms with Crippen LogP contribution in [0.3, 0.4) is 0 Å². The Morgan fingerprint density at radius 1 is 1.19 bits per heavy atom. The summed E-state index contributed by atoms with van der Waals surface area (Å²) in [6.45, 7) is 5.94. The lowest BCUT2D eigenvalue weighted by atomic mass is 10.2. The number of rotatable bonds is 15. The predicted octanol–water partition coefficient (Wildman–Crippen LogP) is 2.14. The van der Waals surface area contributed by atoms with E-state index in [0.717, 1.165) is 0 Å². The Morgan fingerprint density at radius 3 is 2.46 bits per heavy atom. The second kappa shape index (κ2) is 15.8. The SMILES string of the molecule is COC(=O)C(CSCc1cc(OC)c(OCCCC(=O)NCCN)cc1[N+](=O)[O-])NC(=O)OC(C)(C)C. The van der Waals surface area contributed by atoms with E-state index < -0.39 is 28.6 Å². The molecule has 0 saturated heterocycles. The molecule has 0 aromatic heterocycles. The molecule has 1 atom stereocenters. The van der Waals surface area contributed by atoms with Crippen LogP contribution in [0.5, 0.6) is 11.5 Å². The normalized spacial score (nSPS) is 11.7. The summed E-state index contributed by atoms with van der Waals surface area (Å²) < 4.78 is 20.9. The molecule has 0 aliphatic heterocycles. The van der Waals surface area contributed by atoms with Crippen molar-refractivity contribution >= 4 is 35.4 Å². The zero-order chi connectivity index (χ0) is 28.0. The van der Waals surface area contributed by atoms with Crippen molar-refractivity contribution in [3.05, 3.63) is 27.8 Å². The summed E-state index contributed by atoms with van der Waals surface area (Å²) in [4.78, 5) is 47.0. The quantitative estimate of drug-likeness (QED) is 0.127. The van der Waals surface area contributed by atoms with Gasteiger partial charge in [0.15, 0.2) is 11.5 Å². The highest BCUT2D eigenvalue weighted by atomic mass is 32.2. The molecule has 0 radical (unpaired) electrons. The zero-order valence-electron chi connectivity index (χ0n) is 21.8. The van der Waals surface area contributed by atoms with Gasteiger partial charge in [0, 0.05) is 36.6 Å². The lowest BCUT2D eigenvalue weighted by Crippen LogP contribution is -2.45. The number of methoxy groups -OCH3 is 2. The average molecular weight is 545 g/mol. The van der Waals surface area contributed by atoms with Gasteiger partial charge in [0.2, 0.25) is 5.91 Å². The molecule has 0 fully saturated rings. The number of amides is 2. The molecule has 1 unspecified atom stereocenters.